The molecule has 2 aromatic carbocycles. The summed E-state index contributed by atoms with van der Waals surface area (Å²) in [5, 5.41) is 0.574. The summed E-state index contributed by atoms with van der Waals surface area (Å²) in [6.07, 6.45) is 1.92. The van der Waals surface area contributed by atoms with Gasteiger partial charge in [0.05, 0.1) is 28.9 Å². The quantitative estimate of drug-likeness (QED) is 0.488. The monoisotopic (exact) mass is 424 g/mol. The molecule has 3 rings (SSSR count). The summed E-state index contributed by atoms with van der Waals surface area (Å²) in [5.41, 5.74) is 2.00. The largest absolute Gasteiger partial charge is 0.491 e. The first-order valence-corrected chi connectivity index (χ1v) is 10.5. The van der Waals surface area contributed by atoms with Crippen molar-refractivity contribution in [1.82, 2.24) is 4.90 Å². The van der Waals surface area contributed by atoms with Crippen molar-refractivity contribution in [2.45, 2.75) is 26.9 Å². The molecule has 0 bridgehead atoms. The van der Waals surface area contributed by atoms with Gasteiger partial charge in [0.15, 0.2) is 5.17 Å². The minimum atomic E-state index is -0.367. The molecule has 0 saturated carbocycles. The van der Waals surface area contributed by atoms with Gasteiger partial charge in [0.1, 0.15) is 5.75 Å². The molecule has 30 heavy (non-hydrogen) atoms. The number of likely N-dealkylation sites (N-methyl/N-ethyl adjacent to an activating group) is 1. The molecule has 0 aliphatic carbocycles. The number of thioether (sulfide) groups is 1. The average Bonchev–Trinajstić information content (AvgIpc) is 2.96. The highest BCUT2D eigenvalue weighted by Crippen LogP contribution is 2.33. The minimum Gasteiger partial charge on any atom is -0.491 e. The molecule has 0 spiro atoms. The number of ether oxygens (including phenoxy) is 2. The van der Waals surface area contributed by atoms with Crippen molar-refractivity contribution >= 4 is 40.6 Å². The maximum absolute atomic E-state index is 12.7. The van der Waals surface area contributed by atoms with Crippen LogP contribution in [0.25, 0.3) is 6.08 Å². The van der Waals surface area contributed by atoms with E-state index in [2.05, 4.69) is 4.99 Å². The van der Waals surface area contributed by atoms with Crippen molar-refractivity contribution in [1.29, 1.82) is 0 Å². The molecule has 0 radical (unpaired) electrons. The average molecular weight is 425 g/mol. The lowest BCUT2D eigenvalue weighted by atomic mass is 10.2. The molecule has 1 amide bonds. The zero-order valence-corrected chi connectivity index (χ0v) is 18.2. The molecular formula is C23H24N2O4S. The molecule has 1 fully saturated rings. The van der Waals surface area contributed by atoms with Crippen LogP contribution in [0.1, 0.15) is 36.7 Å². The lowest BCUT2D eigenvalue weighted by Crippen LogP contribution is -2.23. The van der Waals surface area contributed by atoms with Crippen LogP contribution in [-0.2, 0) is 9.53 Å². The van der Waals surface area contributed by atoms with E-state index in [0.717, 1.165) is 11.3 Å². The van der Waals surface area contributed by atoms with Crippen molar-refractivity contribution in [2.24, 2.45) is 4.99 Å². The van der Waals surface area contributed by atoms with Gasteiger partial charge in [0.25, 0.3) is 5.91 Å². The van der Waals surface area contributed by atoms with Crippen LogP contribution in [0.2, 0.25) is 0 Å². The van der Waals surface area contributed by atoms with Gasteiger partial charge < -0.3 is 9.47 Å². The number of rotatable bonds is 6. The fourth-order valence-corrected chi connectivity index (χ4v) is 3.74. The van der Waals surface area contributed by atoms with Gasteiger partial charge in [0, 0.05) is 7.05 Å². The van der Waals surface area contributed by atoms with Gasteiger partial charge in [-0.3, -0.25) is 9.69 Å². The predicted octanol–water partition coefficient (Wildman–Crippen LogP) is 4.88. The zero-order chi connectivity index (χ0) is 21.7. The molecule has 0 unspecified atom stereocenters. The van der Waals surface area contributed by atoms with Crippen LogP contribution in [0, 0.1) is 0 Å². The fraction of sp³-hybridized carbons (Fsp3) is 0.261. The van der Waals surface area contributed by atoms with Gasteiger partial charge in [-0.05, 0) is 80.6 Å². The molecule has 2 aromatic rings. The Labute approximate surface area is 180 Å². The smallest absolute Gasteiger partial charge is 0.338 e. The van der Waals surface area contributed by atoms with Crippen LogP contribution in [-0.4, -0.2) is 41.7 Å². The van der Waals surface area contributed by atoms with Crippen molar-refractivity contribution in [3.05, 3.63) is 64.6 Å². The topological polar surface area (TPSA) is 68.2 Å². The van der Waals surface area contributed by atoms with Gasteiger partial charge >= 0.3 is 5.97 Å². The Morgan fingerprint density at radius 1 is 1.20 bits per heavy atom. The Morgan fingerprint density at radius 2 is 1.93 bits per heavy atom. The number of hydrogen-bond acceptors (Lipinski definition) is 6. The number of aliphatic imine (C=N–C) groups is 1. The molecule has 1 saturated heterocycles. The number of amides is 1. The van der Waals surface area contributed by atoms with E-state index < -0.39 is 0 Å². The molecule has 7 heteroatoms. The van der Waals surface area contributed by atoms with E-state index in [1.807, 2.05) is 44.2 Å². The second-order valence-corrected chi connectivity index (χ2v) is 7.88. The fourth-order valence-electron chi connectivity index (χ4n) is 2.75. The summed E-state index contributed by atoms with van der Waals surface area (Å²) < 4.78 is 10.7. The first kappa shape index (κ1) is 21.6. The van der Waals surface area contributed by atoms with E-state index in [0.29, 0.717) is 27.9 Å². The third kappa shape index (κ3) is 5.30. The van der Waals surface area contributed by atoms with Gasteiger partial charge in [0.2, 0.25) is 0 Å². The van der Waals surface area contributed by atoms with Crippen molar-refractivity contribution in [2.75, 3.05) is 13.7 Å². The summed E-state index contributed by atoms with van der Waals surface area (Å²) in [7, 11) is 1.69. The number of hydrogen-bond donors (Lipinski definition) is 0. The minimum absolute atomic E-state index is 0.0791. The normalized spacial score (nSPS) is 16.6. The molecule has 156 valence electrons. The van der Waals surface area contributed by atoms with Gasteiger partial charge in [-0.25, -0.2) is 9.79 Å². The van der Waals surface area contributed by atoms with E-state index in [9.17, 15) is 9.59 Å². The number of amidine groups is 1. The molecule has 1 aliphatic rings. The highest BCUT2D eigenvalue weighted by molar-refractivity contribution is 8.18. The summed E-state index contributed by atoms with van der Waals surface area (Å²) in [4.78, 5) is 31.1. The van der Waals surface area contributed by atoms with Crippen LogP contribution in [0.15, 0.2) is 58.4 Å². The molecule has 0 N–H and O–H groups in total. The number of benzene rings is 2. The Kier molecular flexibility index (Phi) is 6.95. The van der Waals surface area contributed by atoms with Crippen LogP contribution in [0.4, 0.5) is 5.69 Å². The molecule has 0 aromatic heterocycles. The zero-order valence-electron chi connectivity index (χ0n) is 17.4. The maximum atomic E-state index is 12.7. The number of carbonyl (C=O) groups excluding carboxylic acids is 2. The lowest BCUT2D eigenvalue weighted by molar-refractivity contribution is -0.121. The third-order valence-corrected chi connectivity index (χ3v) is 5.19. The lowest BCUT2D eigenvalue weighted by Gasteiger charge is -2.09. The Balaban J connectivity index is 1.79. The molecule has 1 heterocycles. The molecule has 1 aliphatic heterocycles. The summed E-state index contributed by atoms with van der Waals surface area (Å²) in [6.45, 7) is 6.03. The molecule has 6 nitrogen and oxygen atoms in total. The summed E-state index contributed by atoms with van der Waals surface area (Å²) in [5.74, 6) is 0.281. The van der Waals surface area contributed by atoms with Gasteiger partial charge in [-0.15, -0.1) is 0 Å². The van der Waals surface area contributed by atoms with Crippen LogP contribution in [0.3, 0.4) is 0 Å². The van der Waals surface area contributed by atoms with Gasteiger partial charge in [-0.1, -0.05) is 12.1 Å². The van der Waals surface area contributed by atoms with E-state index in [-0.39, 0.29) is 18.0 Å². The summed E-state index contributed by atoms with van der Waals surface area (Å²) in [6, 6.07) is 14.4. The van der Waals surface area contributed by atoms with Gasteiger partial charge in [-0.2, -0.15) is 0 Å². The number of esters is 1. The summed E-state index contributed by atoms with van der Waals surface area (Å²) >= 11 is 1.31. The first-order valence-electron chi connectivity index (χ1n) is 9.67. The standard InChI is InChI=1S/C23H24N2O4S/c1-5-28-22(27)17-9-11-18(12-10-17)24-23-25(4)21(26)20(30-23)14-16-7-6-8-19(13-16)29-15(2)3/h6-15H,5H2,1-4H3. The van der Waals surface area contributed by atoms with E-state index in [1.54, 1.807) is 38.2 Å². The third-order valence-electron chi connectivity index (χ3n) is 4.13. The second kappa shape index (κ2) is 9.63. The van der Waals surface area contributed by atoms with Crippen molar-refractivity contribution in [3.8, 4) is 5.75 Å². The molecule has 0 atom stereocenters. The number of nitrogens with zero attached hydrogens (tertiary/aromatic N) is 2. The predicted molar refractivity (Wildman–Crippen MR) is 120 cm³/mol. The van der Waals surface area contributed by atoms with E-state index >= 15 is 0 Å². The first-order chi connectivity index (χ1) is 14.4. The Hall–Kier alpha value is -3.06. The Morgan fingerprint density at radius 3 is 2.60 bits per heavy atom. The molecular weight excluding hydrogens is 400 g/mol. The van der Waals surface area contributed by atoms with Crippen molar-refractivity contribution < 1.29 is 19.1 Å². The highest BCUT2D eigenvalue weighted by Gasteiger charge is 2.30. The van der Waals surface area contributed by atoms with E-state index in [1.165, 1.54) is 16.7 Å². The maximum Gasteiger partial charge on any atom is 0.338 e. The van der Waals surface area contributed by atoms with Crippen LogP contribution < -0.4 is 4.74 Å². The Bertz CT molecular complexity index is 997. The SMILES string of the molecule is CCOC(=O)c1ccc(N=C2SC(=Cc3cccc(OC(C)C)c3)C(=O)N2C)cc1. The van der Waals surface area contributed by atoms with Crippen molar-refractivity contribution in [3.63, 3.8) is 0 Å². The van der Waals surface area contributed by atoms with Crippen LogP contribution >= 0.6 is 11.8 Å². The van der Waals surface area contributed by atoms with E-state index in [4.69, 9.17) is 9.47 Å². The highest BCUT2D eigenvalue weighted by atomic mass is 32.2. The number of carbonyl (C=O) groups is 2. The second-order valence-electron chi connectivity index (χ2n) is 6.88. The van der Waals surface area contributed by atoms with Crippen LogP contribution in [0.5, 0.6) is 5.75 Å².